The van der Waals surface area contributed by atoms with Gasteiger partial charge in [-0.25, -0.2) is 0 Å². The smallest absolute Gasteiger partial charge is 0.187 e. The van der Waals surface area contributed by atoms with E-state index >= 15 is 0 Å². The summed E-state index contributed by atoms with van der Waals surface area (Å²) < 4.78 is 26.7. The predicted molar refractivity (Wildman–Crippen MR) is 99.8 cm³/mol. The van der Waals surface area contributed by atoms with Crippen molar-refractivity contribution >= 4 is 0 Å². The molecule has 3 heterocycles. The van der Waals surface area contributed by atoms with Crippen molar-refractivity contribution in [3.05, 3.63) is 0 Å². The molecule has 0 radical (unpaired) electrons. The highest BCUT2D eigenvalue weighted by Gasteiger charge is 2.53. The van der Waals surface area contributed by atoms with Crippen LogP contribution in [0.4, 0.5) is 0 Å². The van der Waals surface area contributed by atoms with Crippen LogP contribution in [-0.4, -0.2) is 156 Å². The fourth-order valence-electron chi connectivity index (χ4n) is 3.97. The van der Waals surface area contributed by atoms with Crippen molar-refractivity contribution in [1.82, 2.24) is 0 Å². The summed E-state index contributed by atoms with van der Waals surface area (Å²) in [6.07, 6.45) is -24.1. The summed E-state index contributed by atoms with van der Waals surface area (Å²) in [6.45, 7) is -0.115. The van der Waals surface area contributed by atoms with E-state index in [9.17, 15) is 51.1 Å². The van der Waals surface area contributed by atoms with Crippen molar-refractivity contribution < 1.29 is 74.7 Å². The molecule has 0 saturated carbocycles. The van der Waals surface area contributed by atoms with E-state index in [2.05, 4.69) is 0 Å². The third kappa shape index (κ3) is 5.32. The molecule has 10 N–H and O–H groups in total. The minimum Gasteiger partial charge on any atom is -0.394 e. The monoisotopic (exact) mass is 488 g/mol. The van der Waals surface area contributed by atoms with Gasteiger partial charge in [0.05, 0.1) is 19.3 Å². The van der Waals surface area contributed by atoms with E-state index in [0.717, 1.165) is 0 Å². The summed E-state index contributed by atoms with van der Waals surface area (Å²) in [4.78, 5) is 0. The molecule has 0 bridgehead atoms. The Morgan fingerprint density at radius 1 is 0.545 bits per heavy atom. The molecule has 0 aromatic heterocycles. The van der Waals surface area contributed by atoms with Crippen LogP contribution in [-0.2, 0) is 23.7 Å². The van der Waals surface area contributed by atoms with Gasteiger partial charge in [0.2, 0.25) is 0 Å². The van der Waals surface area contributed by atoms with E-state index in [0.29, 0.717) is 0 Å². The quantitative estimate of drug-likeness (QED) is 0.167. The fourth-order valence-corrected chi connectivity index (χ4v) is 3.97. The van der Waals surface area contributed by atoms with Crippen LogP contribution in [0.2, 0.25) is 0 Å². The van der Waals surface area contributed by atoms with Gasteiger partial charge >= 0.3 is 0 Å². The zero-order valence-electron chi connectivity index (χ0n) is 17.6. The third-order valence-corrected chi connectivity index (χ3v) is 6.06. The average molecular weight is 488 g/mol. The summed E-state index contributed by atoms with van der Waals surface area (Å²) in [6, 6.07) is 0. The lowest BCUT2D eigenvalue weighted by atomic mass is 9.96. The minimum absolute atomic E-state index is 0.747. The summed E-state index contributed by atoms with van der Waals surface area (Å²) >= 11 is 0. The molecule has 3 saturated heterocycles. The minimum atomic E-state index is -1.88. The molecular formula is C18H32O15. The van der Waals surface area contributed by atoms with Gasteiger partial charge in [0.1, 0.15) is 67.1 Å². The molecule has 33 heavy (non-hydrogen) atoms. The molecule has 15 heteroatoms. The van der Waals surface area contributed by atoms with Crippen molar-refractivity contribution in [2.24, 2.45) is 0 Å². The lowest BCUT2D eigenvalue weighted by Gasteiger charge is -2.48. The lowest BCUT2D eigenvalue weighted by molar-refractivity contribution is -0.386. The predicted octanol–water partition coefficient (Wildman–Crippen LogP) is -6.55. The maximum Gasteiger partial charge on any atom is 0.187 e. The van der Waals surface area contributed by atoms with Gasteiger partial charge in [0.15, 0.2) is 18.9 Å². The highest BCUT2D eigenvalue weighted by Crippen LogP contribution is 2.32. The Labute approximate surface area is 187 Å². The summed E-state index contributed by atoms with van der Waals surface area (Å²) in [5, 5.41) is 100.0. The Kier molecular flexibility index (Phi) is 8.99. The molecule has 0 aliphatic carbocycles. The van der Waals surface area contributed by atoms with Crippen molar-refractivity contribution in [2.45, 2.75) is 99.0 Å². The van der Waals surface area contributed by atoms with Gasteiger partial charge in [-0.3, -0.25) is 0 Å². The molecular weight excluding hydrogens is 456 g/mol. The second kappa shape index (κ2) is 11.0. The van der Waals surface area contributed by atoms with E-state index in [1.807, 2.05) is 0 Å². The second-order valence-electron chi connectivity index (χ2n) is 8.32. The number of hydrogen-bond donors (Lipinski definition) is 10. The van der Waals surface area contributed by atoms with Crippen molar-refractivity contribution in [1.29, 1.82) is 0 Å². The fraction of sp³-hybridized carbons (Fsp3) is 1.00. The first-order valence-corrected chi connectivity index (χ1v) is 10.4. The Morgan fingerprint density at radius 3 is 1.61 bits per heavy atom. The molecule has 15 atom stereocenters. The Hall–Kier alpha value is -0.600. The summed E-state index contributed by atoms with van der Waals surface area (Å²) in [7, 11) is 0. The number of rotatable bonds is 6. The van der Waals surface area contributed by atoms with Gasteiger partial charge in [0.25, 0.3) is 0 Å². The molecule has 3 aliphatic rings. The summed E-state index contributed by atoms with van der Waals surface area (Å²) in [5.41, 5.74) is 0. The number of ether oxygens (including phenoxy) is 5. The van der Waals surface area contributed by atoms with Crippen LogP contribution in [0, 0.1) is 0 Å². The standard InChI is InChI=1S/C18H32O15/c1-4-7(21)10(24)12(26)17(29-4)33-15-14(9(23)6(3-20)30-16(15)28)32-18-13(27)11(25)8(22)5(2-19)31-18/h4-28H,2-3H2,1H3/t4?,5?,6?,7-,8+,9+,10?,11+,12+,13?,14+,15?,16-,17+,18-/m1/s1. The normalized spacial score (nSPS) is 53.7. The van der Waals surface area contributed by atoms with Gasteiger partial charge in [-0.05, 0) is 6.92 Å². The van der Waals surface area contributed by atoms with Crippen LogP contribution >= 0.6 is 0 Å². The van der Waals surface area contributed by atoms with Gasteiger partial charge in [-0.1, -0.05) is 0 Å². The van der Waals surface area contributed by atoms with Gasteiger partial charge in [-0.2, -0.15) is 0 Å². The first-order chi connectivity index (χ1) is 15.5. The average Bonchev–Trinajstić information content (AvgIpc) is 2.79. The highest BCUT2D eigenvalue weighted by atomic mass is 16.8. The second-order valence-corrected chi connectivity index (χ2v) is 8.32. The van der Waals surface area contributed by atoms with Gasteiger partial charge in [0, 0.05) is 0 Å². The first kappa shape index (κ1) is 27.0. The van der Waals surface area contributed by atoms with Crippen LogP contribution in [0.25, 0.3) is 0 Å². The van der Waals surface area contributed by atoms with E-state index in [-0.39, 0.29) is 0 Å². The summed E-state index contributed by atoms with van der Waals surface area (Å²) in [5.74, 6) is 0. The lowest BCUT2D eigenvalue weighted by Crippen LogP contribution is -2.66. The topological polar surface area (TPSA) is 248 Å². The molecule has 0 aromatic rings. The molecule has 6 unspecified atom stereocenters. The third-order valence-electron chi connectivity index (χ3n) is 6.06. The number of aliphatic hydroxyl groups excluding tert-OH is 10. The van der Waals surface area contributed by atoms with Gasteiger partial charge in [-0.15, -0.1) is 0 Å². The van der Waals surface area contributed by atoms with Crippen LogP contribution in [0.1, 0.15) is 6.92 Å². The van der Waals surface area contributed by atoms with Crippen LogP contribution < -0.4 is 0 Å². The van der Waals surface area contributed by atoms with E-state index in [1.54, 1.807) is 0 Å². The molecule has 0 aromatic carbocycles. The molecule has 0 amide bonds. The maximum atomic E-state index is 10.6. The highest BCUT2D eigenvalue weighted by molar-refractivity contribution is 4.96. The molecule has 3 fully saturated rings. The zero-order chi connectivity index (χ0) is 24.6. The van der Waals surface area contributed by atoms with E-state index in [1.165, 1.54) is 6.92 Å². The molecule has 15 nitrogen and oxygen atoms in total. The van der Waals surface area contributed by atoms with Crippen LogP contribution in [0.3, 0.4) is 0 Å². The van der Waals surface area contributed by atoms with Crippen molar-refractivity contribution in [2.75, 3.05) is 13.2 Å². The number of aliphatic hydroxyl groups is 10. The first-order valence-electron chi connectivity index (χ1n) is 10.4. The Morgan fingerprint density at radius 2 is 1.03 bits per heavy atom. The number of hydrogen-bond acceptors (Lipinski definition) is 15. The van der Waals surface area contributed by atoms with Gasteiger partial charge < -0.3 is 74.7 Å². The van der Waals surface area contributed by atoms with Crippen LogP contribution in [0.5, 0.6) is 0 Å². The van der Waals surface area contributed by atoms with E-state index < -0.39 is 105 Å². The van der Waals surface area contributed by atoms with Crippen LogP contribution in [0.15, 0.2) is 0 Å². The Balaban J connectivity index is 1.82. The SMILES string of the molecule is CC1O[C@@H](OC2[C@H](O)OC(CO)[C@H](O)[C@@H]2O[C@H]2OC(CO)[C@H](O)[C@H](O)C2O)[C@@H](O)C(O)[C@@H]1O. The largest absolute Gasteiger partial charge is 0.394 e. The molecule has 194 valence electrons. The van der Waals surface area contributed by atoms with Crippen molar-refractivity contribution in [3.8, 4) is 0 Å². The molecule has 3 rings (SSSR count). The van der Waals surface area contributed by atoms with Crippen molar-refractivity contribution in [3.63, 3.8) is 0 Å². The maximum absolute atomic E-state index is 10.6. The van der Waals surface area contributed by atoms with E-state index in [4.69, 9.17) is 23.7 Å². The zero-order valence-corrected chi connectivity index (χ0v) is 17.6. The Bertz CT molecular complexity index is 624. The molecule has 0 spiro atoms. The molecule has 3 aliphatic heterocycles.